The van der Waals surface area contributed by atoms with Crippen LogP contribution in [0, 0.1) is 0 Å². The molecule has 172 valence electrons. The normalized spacial score (nSPS) is 15.1. The molecule has 34 heavy (non-hydrogen) atoms. The van der Waals surface area contributed by atoms with E-state index in [1.54, 1.807) is 41.1 Å². The van der Waals surface area contributed by atoms with Crippen molar-refractivity contribution in [1.82, 2.24) is 15.0 Å². The van der Waals surface area contributed by atoms with Gasteiger partial charge in [-0.2, -0.15) is 0 Å². The van der Waals surface area contributed by atoms with Crippen LogP contribution in [-0.2, 0) is 23.5 Å². The number of furan rings is 1. The number of pyridine rings is 1. The van der Waals surface area contributed by atoms with E-state index in [0.717, 1.165) is 59.8 Å². The molecule has 1 aromatic carbocycles. The lowest BCUT2D eigenvalue weighted by atomic mass is 9.89. The van der Waals surface area contributed by atoms with Crippen LogP contribution in [0.25, 0.3) is 31.9 Å². The quantitative estimate of drug-likeness (QED) is 0.140. The predicted molar refractivity (Wildman–Crippen MR) is 141 cm³/mol. The Morgan fingerprint density at radius 1 is 1.03 bits per heavy atom. The van der Waals surface area contributed by atoms with Crippen LogP contribution in [0.5, 0.6) is 0 Å². The van der Waals surface area contributed by atoms with Crippen molar-refractivity contribution in [2.24, 2.45) is 0 Å². The third kappa shape index (κ3) is 3.92. The van der Waals surface area contributed by atoms with Crippen LogP contribution in [-0.4, -0.2) is 26.8 Å². The van der Waals surface area contributed by atoms with E-state index in [2.05, 4.69) is 38.1 Å². The fraction of sp³-hybridized carbons (Fsp3) is 0.269. The van der Waals surface area contributed by atoms with Gasteiger partial charge in [0.2, 0.25) is 0 Å². The minimum absolute atomic E-state index is 0.254. The summed E-state index contributed by atoms with van der Waals surface area (Å²) in [6, 6.07) is 14.4. The van der Waals surface area contributed by atoms with Gasteiger partial charge in [-0.25, -0.2) is 15.0 Å². The van der Waals surface area contributed by atoms with Gasteiger partial charge in [0.1, 0.15) is 15.6 Å². The molecule has 0 N–H and O–H groups in total. The van der Waals surface area contributed by atoms with Crippen molar-refractivity contribution >= 4 is 55.3 Å². The van der Waals surface area contributed by atoms with Gasteiger partial charge in [-0.05, 0) is 43.4 Å². The maximum Gasteiger partial charge on any atom is 0.189 e. The maximum atomic E-state index is 6.20. The lowest BCUT2D eigenvalue weighted by Gasteiger charge is -2.32. The van der Waals surface area contributed by atoms with Gasteiger partial charge in [-0.15, -0.1) is 23.1 Å². The molecule has 1 aliphatic heterocycles. The fourth-order valence-electron chi connectivity index (χ4n) is 4.36. The van der Waals surface area contributed by atoms with Crippen molar-refractivity contribution < 1.29 is 9.15 Å². The van der Waals surface area contributed by atoms with Crippen LogP contribution >= 0.6 is 34.9 Å². The number of thioether (sulfide) groups is 2. The fourth-order valence-corrected chi connectivity index (χ4v) is 6.99. The SMILES string of the molecule is CSc1nc(SCc2ccccc2)c2sc3nc(-c4ccco4)c4c(c3c2n1)CC(C)(C)OC4. The predicted octanol–water partition coefficient (Wildman–Crippen LogP) is 7.37. The summed E-state index contributed by atoms with van der Waals surface area (Å²) in [6.45, 7) is 4.80. The number of thiophene rings is 1. The van der Waals surface area contributed by atoms with Crippen molar-refractivity contribution in [3.8, 4) is 11.5 Å². The molecule has 8 heteroatoms. The number of rotatable bonds is 5. The van der Waals surface area contributed by atoms with E-state index >= 15 is 0 Å². The standard InChI is InChI=1S/C26H23N3O2S3/c1-26(2)12-16-17(13-31-26)20(18-10-7-11-30-18)27-23-19(16)21-22(34-23)24(29-25(28-21)32-3)33-14-15-8-5-4-6-9-15/h4-11H,12-14H2,1-3H3. The van der Waals surface area contributed by atoms with Crippen molar-refractivity contribution in [2.75, 3.05) is 6.26 Å². The van der Waals surface area contributed by atoms with Gasteiger partial charge in [0.25, 0.3) is 0 Å². The Morgan fingerprint density at radius 3 is 2.65 bits per heavy atom. The number of hydrogen-bond acceptors (Lipinski definition) is 8. The highest BCUT2D eigenvalue weighted by Gasteiger charge is 2.32. The average molecular weight is 506 g/mol. The number of fused-ring (bicyclic) bond motifs is 5. The van der Waals surface area contributed by atoms with Gasteiger partial charge in [0.15, 0.2) is 10.9 Å². The minimum Gasteiger partial charge on any atom is -0.463 e. The topological polar surface area (TPSA) is 61.0 Å². The Labute approximate surface area is 210 Å². The molecule has 0 fully saturated rings. The zero-order chi connectivity index (χ0) is 23.3. The molecule has 6 rings (SSSR count). The summed E-state index contributed by atoms with van der Waals surface area (Å²) in [5.41, 5.74) is 5.26. The van der Waals surface area contributed by atoms with Gasteiger partial charge in [0.05, 0.1) is 28.7 Å². The van der Waals surface area contributed by atoms with Crippen molar-refractivity contribution in [3.05, 3.63) is 65.4 Å². The number of aromatic nitrogens is 3. The van der Waals surface area contributed by atoms with Crippen LogP contribution in [0.15, 0.2) is 63.3 Å². The summed E-state index contributed by atoms with van der Waals surface area (Å²) in [7, 11) is 0. The first-order chi connectivity index (χ1) is 16.5. The summed E-state index contributed by atoms with van der Waals surface area (Å²) >= 11 is 5.02. The first-order valence-corrected chi connectivity index (χ1v) is 14.1. The van der Waals surface area contributed by atoms with Crippen LogP contribution in [0.2, 0.25) is 0 Å². The van der Waals surface area contributed by atoms with E-state index in [0.29, 0.717) is 6.61 Å². The summed E-state index contributed by atoms with van der Waals surface area (Å²) < 4.78 is 13.1. The van der Waals surface area contributed by atoms with Crippen LogP contribution in [0.1, 0.15) is 30.5 Å². The molecular weight excluding hydrogens is 483 g/mol. The van der Waals surface area contributed by atoms with E-state index in [9.17, 15) is 0 Å². The zero-order valence-electron chi connectivity index (χ0n) is 19.1. The van der Waals surface area contributed by atoms with Crippen LogP contribution < -0.4 is 0 Å². The third-order valence-corrected chi connectivity index (χ3v) is 8.80. The van der Waals surface area contributed by atoms with Crippen molar-refractivity contribution in [3.63, 3.8) is 0 Å². The van der Waals surface area contributed by atoms with Gasteiger partial charge >= 0.3 is 0 Å². The molecule has 0 atom stereocenters. The highest BCUT2D eigenvalue weighted by Crippen LogP contribution is 2.45. The molecule has 0 saturated heterocycles. The molecule has 0 unspecified atom stereocenters. The minimum atomic E-state index is -0.254. The highest BCUT2D eigenvalue weighted by molar-refractivity contribution is 7.99. The van der Waals surface area contributed by atoms with E-state index < -0.39 is 0 Å². The molecule has 4 aromatic heterocycles. The molecule has 0 spiro atoms. The highest BCUT2D eigenvalue weighted by atomic mass is 32.2. The maximum absolute atomic E-state index is 6.20. The van der Waals surface area contributed by atoms with Gasteiger partial charge in [0, 0.05) is 23.1 Å². The molecule has 5 nitrogen and oxygen atoms in total. The summed E-state index contributed by atoms with van der Waals surface area (Å²) in [6.07, 6.45) is 4.52. The largest absolute Gasteiger partial charge is 0.463 e. The second-order valence-electron chi connectivity index (χ2n) is 8.87. The molecule has 5 heterocycles. The molecule has 0 bridgehead atoms. The summed E-state index contributed by atoms with van der Waals surface area (Å²) in [5.74, 6) is 1.63. The van der Waals surface area contributed by atoms with E-state index in [1.807, 2.05) is 24.5 Å². The smallest absolute Gasteiger partial charge is 0.189 e. The molecule has 5 aromatic rings. The molecule has 1 aliphatic rings. The molecular formula is C26H23N3O2S3. The van der Waals surface area contributed by atoms with E-state index in [-0.39, 0.29) is 5.60 Å². The van der Waals surface area contributed by atoms with Crippen LogP contribution in [0.3, 0.4) is 0 Å². The number of ether oxygens (including phenoxy) is 1. The van der Waals surface area contributed by atoms with Gasteiger partial charge < -0.3 is 9.15 Å². The Bertz CT molecular complexity index is 1500. The lowest BCUT2D eigenvalue weighted by molar-refractivity contribution is -0.0395. The van der Waals surface area contributed by atoms with Crippen LogP contribution in [0.4, 0.5) is 0 Å². The molecule has 0 radical (unpaired) electrons. The first-order valence-electron chi connectivity index (χ1n) is 11.1. The Morgan fingerprint density at radius 2 is 1.88 bits per heavy atom. The van der Waals surface area contributed by atoms with Gasteiger partial charge in [-0.3, -0.25) is 0 Å². The van der Waals surface area contributed by atoms with Crippen molar-refractivity contribution in [1.29, 1.82) is 0 Å². The second kappa shape index (κ2) is 8.68. The molecule has 0 saturated carbocycles. The lowest BCUT2D eigenvalue weighted by Crippen LogP contribution is -2.32. The van der Waals surface area contributed by atoms with E-state index in [1.165, 1.54) is 11.1 Å². The number of benzene rings is 1. The Kier molecular flexibility index (Phi) is 5.64. The molecule has 0 amide bonds. The second-order valence-corrected chi connectivity index (χ2v) is 11.6. The average Bonchev–Trinajstić information content (AvgIpc) is 3.50. The molecule has 0 aliphatic carbocycles. The first kappa shape index (κ1) is 22.1. The van der Waals surface area contributed by atoms with E-state index in [4.69, 9.17) is 24.1 Å². The Hall–Kier alpha value is -2.39. The van der Waals surface area contributed by atoms with Gasteiger partial charge in [-0.1, -0.05) is 42.1 Å². The summed E-state index contributed by atoms with van der Waals surface area (Å²) in [5, 5.41) is 2.94. The van der Waals surface area contributed by atoms with Crippen molar-refractivity contribution in [2.45, 2.75) is 48.4 Å². The third-order valence-electron chi connectivity index (χ3n) is 5.99. The summed E-state index contributed by atoms with van der Waals surface area (Å²) in [4.78, 5) is 16.0. The zero-order valence-corrected chi connectivity index (χ0v) is 21.6. The number of hydrogen-bond donors (Lipinski definition) is 0. The Balaban J connectivity index is 1.58. The number of nitrogens with zero attached hydrogens (tertiary/aromatic N) is 3. The monoisotopic (exact) mass is 505 g/mol.